The predicted octanol–water partition coefficient (Wildman–Crippen LogP) is 2.82. The van der Waals surface area contributed by atoms with Crippen molar-refractivity contribution in [3.63, 3.8) is 0 Å². The average molecular weight is 255 g/mol. The number of hydrogen-bond acceptors (Lipinski definition) is 2. The molecule has 98 valence electrons. The fourth-order valence-electron chi connectivity index (χ4n) is 1.58. The number of carbonyl (C=O) groups is 1. The summed E-state index contributed by atoms with van der Waals surface area (Å²) in [6.07, 6.45) is -0.121. The Morgan fingerprint density at radius 3 is 2.61 bits per heavy atom. The molecule has 18 heavy (non-hydrogen) atoms. The highest BCUT2D eigenvalue weighted by Gasteiger charge is 2.13. The Morgan fingerprint density at radius 1 is 1.44 bits per heavy atom. The summed E-state index contributed by atoms with van der Waals surface area (Å²) >= 11 is 0. The van der Waals surface area contributed by atoms with Crippen LogP contribution >= 0.6 is 0 Å². The first-order valence-electron chi connectivity index (χ1n) is 5.46. The van der Waals surface area contributed by atoms with E-state index in [9.17, 15) is 13.6 Å². The molecule has 1 rings (SSSR count). The number of aliphatic carboxylic acids is 1. The molecule has 1 aromatic carbocycles. The first kappa shape index (κ1) is 14.2. The molecule has 0 spiro atoms. The van der Waals surface area contributed by atoms with Crippen LogP contribution in [0.5, 0.6) is 0 Å². The van der Waals surface area contributed by atoms with Crippen LogP contribution in [-0.2, 0) is 4.79 Å². The minimum atomic E-state index is -0.968. The highest BCUT2D eigenvalue weighted by atomic mass is 19.1. The van der Waals surface area contributed by atoms with E-state index in [0.717, 1.165) is 17.7 Å². The molecule has 0 heterocycles. The van der Waals surface area contributed by atoms with Gasteiger partial charge in [0.25, 0.3) is 0 Å². The number of nitrogens with zero attached hydrogens (tertiary/aromatic N) is 1. The van der Waals surface area contributed by atoms with E-state index < -0.39 is 17.6 Å². The van der Waals surface area contributed by atoms with E-state index in [0.29, 0.717) is 6.54 Å². The van der Waals surface area contributed by atoms with Gasteiger partial charge in [0.15, 0.2) is 0 Å². The van der Waals surface area contributed by atoms with Crippen molar-refractivity contribution in [1.82, 2.24) is 0 Å². The standard InChI is InChI=1S/C13H15F2NO2/c1-9(2)8-16(6-5-13(17)18)12-4-3-10(14)7-11(12)15/h3-4,7H,1,5-6,8H2,2H3,(H,17,18). The van der Waals surface area contributed by atoms with Gasteiger partial charge in [-0.05, 0) is 19.1 Å². The summed E-state index contributed by atoms with van der Waals surface area (Å²) in [7, 11) is 0. The van der Waals surface area contributed by atoms with Gasteiger partial charge in [0, 0.05) is 19.2 Å². The van der Waals surface area contributed by atoms with Gasteiger partial charge in [0.05, 0.1) is 12.1 Å². The smallest absolute Gasteiger partial charge is 0.305 e. The molecule has 0 unspecified atom stereocenters. The average Bonchev–Trinajstić information content (AvgIpc) is 2.24. The summed E-state index contributed by atoms with van der Waals surface area (Å²) in [4.78, 5) is 12.1. The molecular formula is C13H15F2NO2. The topological polar surface area (TPSA) is 40.5 Å². The highest BCUT2D eigenvalue weighted by molar-refractivity contribution is 5.67. The van der Waals surface area contributed by atoms with E-state index in [1.165, 1.54) is 11.0 Å². The van der Waals surface area contributed by atoms with E-state index in [1.54, 1.807) is 6.92 Å². The molecule has 0 atom stereocenters. The molecule has 0 radical (unpaired) electrons. The third-order valence-electron chi connectivity index (χ3n) is 2.31. The number of anilines is 1. The van der Waals surface area contributed by atoms with Crippen LogP contribution in [0.2, 0.25) is 0 Å². The van der Waals surface area contributed by atoms with E-state index in [-0.39, 0.29) is 18.7 Å². The van der Waals surface area contributed by atoms with Crippen molar-refractivity contribution in [3.05, 3.63) is 42.0 Å². The SMILES string of the molecule is C=C(C)CN(CCC(=O)O)c1ccc(F)cc1F. The fraction of sp³-hybridized carbons (Fsp3) is 0.308. The molecule has 1 aromatic rings. The molecule has 0 aliphatic rings. The van der Waals surface area contributed by atoms with Crippen LogP contribution in [0.1, 0.15) is 13.3 Å². The van der Waals surface area contributed by atoms with Gasteiger partial charge in [-0.1, -0.05) is 12.2 Å². The van der Waals surface area contributed by atoms with Crippen molar-refractivity contribution >= 4 is 11.7 Å². The lowest BCUT2D eigenvalue weighted by Crippen LogP contribution is -2.28. The first-order chi connectivity index (χ1) is 8.40. The lowest BCUT2D eigenvalue weighted by atomic mass is 10.2. The van der Waals surface area contributed by atoms with E-state index >= 15 is 0 Å². The van der Waals surface area contributed by atoms with Gasteiger partial charge in [-0.15, -0.1) is 0 Å². The van der Waals surface area contributed by atoms with Crippen molar-refractivity contribution < 1.29 is 18.7 Å². The Hall–Kier alpha value is -1.91. The minimum Gasteiger partial charge on any atom is -0.481 e. The Labute approximate surface area is 104 Å². The minimum absolute atomic E-state index is 0.121. The molecule has 0 aliphatic carbocycles. The fourth-order valence-corrected chi connectivity index (χ4v) is 1.58. The van der Waals surface area contributed by atoms with Crippen molar-refractivity contribution in [1.29, 1.82) is 0 Å². The number of benzene rings is 1. The van der Waals surface area contributed by atoms with E-state index in [4.69, 9.17) is 5.11 Å². The third-order valence-corrected chi connectivity index (χ3v) is 2.31. The summed E-state index contributed by atoms with van der Waals surface area (Å²) in [6, 6.07) is 3.22. The lowest BCUT2D eigenvalue weighted by Gasteiger charge is -2.24. The Kier molecular flexibility index (Phi) is 4.83. The van der Waals surface area contributed by atoms with E-state index in [2.05, 4.69) is 6.58 Å². The second-order valence-electron chi connectivity index (χ2n) is 4.12. The summed E-state index contributed by atoms with van der Waals surface area (Å²) in [6.45, 7) is 5.94. The molecule has 3 nitrogen and oxygen atoms in total. The van der Waals surface area contributed by atoms with Gasteiger partial charge in [0.1, 0.15) is 11.6 Å². The first-order valence-corrected chi connectivity index (χ1v) is 5.46. The maximum Gasteiger partial charge on any atom is 0.305 e. The van der Waals surface area contributed by atoms with Gasteiger partial charge < -0.3 is 10.0 Å². The zero-order valence-corrected chi connectivity index (χ0v) is 10.1. The maximum atomic E-state index is 13.6. The zero-order chi connectivity index (χ0) is 13.7. The molecule has 0 fully saturated rings. The normalized spacial score (nSPS) is 10.2. The predicted molar refractivity (Wildman–Crippen MR) is 65.6 cm³/mol. The van der Waals surface area contributed by atoms with Crippen molar-refractivity contribution in [3.8, 4) is 0 Å². The number of hydrogen-bond donors (Lipinski definition) is 1. The molecular weight excluding hydrogens is 240 g/mol. The van der Waals surface area contributed by atoms with Crippen LogP contribution in [0.15, 0.2) is 30.4 Å². The van der Waals surface area contributed by atoms with Crippen molar-refractivity contribution in [2.24, 2.45) is 0 Å². The number of carboxylic acids is 1. The van der Waals surface area contributed by atoms with Gasteiger partial charge in [0.2, 0.25) is 0 Å². The largest absolute Gasteiger partial charge is 0.481 e. The summed E-state index contributed by atoms with van der Waals surface area (Å²) in [5.74, 6) is -2.34. The number of halogens is 2. The summed E-state index contributed by atoms with van der Waals surface area (Å²) in [5.41, 5.74) is 0.949. The quantitative estimate of drug-likeness (QED) is 0.795. The van der Waals surface area contributed by atoms with Crippen LogP contribution in [0, 0.1) is 11.6 Å². The van der Waals surface area contributed by atoms with Crippen molar-refractivity contribution in [2.45, 2.75) is 13.3 Å². The summed E-state index contributed by atoms with van der Waals surface area (Å²) < 4.78 is 26.4. The molecule has 0 amide bonds. The Bertz CT molecular complexity index is 460. The van der Waals surface area contributed by atoms with Gasteiger partial charge in [-0.25, -0.2) is 8.78 Å². The molecule has 1 N–H and O–H groups in total. The second kappa shape index (κ2) is 6.14. The van der Waals surface area contributed by atoms with Crippen molar-refractivity contribution in [2.75, 3.05) is 18.0 Å². The number of rotatable bonds is 6. The number of carboxylic acid groups (broad SMARTS) is 1. The lowest BCUT2D eigenvalue weighted by molar-refractivity contribution is -0.136. The Balaban J connectivity index is 2.93. The molecule has 0 aliphatic heterocycles. The molecule has 0 saturated carbocycles. The molecule has 5 heteroatoms. The van der Waals surface area contributed by atoms with Gasteiger partial charge in [-0.3, -0.25) is 4.79 Å². The van der Waals surface area contributed by atoms with Crippen LogP contribution in [0.4, 0.5) is 14.5 Å². The van der Waals surface area contributed by atoms with Gasteiger partial charge in [-0.2, -0.15) is 0 Å². The highest BCUT2D eigenvalue weighted by Crippen LogP contribution is 2.21. The maximum absolute atomic E-state index is 13.6. The molecule has 0 aromatic heterocycles. The summed E-state index contributed by atoms with van der Waals surface area (Å²) in [5, 5.41) is 8.65. The Morgan fingerprint density at radius 2 is 2.11 bits per heavy atom. The van der Waals surface area contributed by atoms with E-state index in [1.807, 2.05) is 0 Å². The second-order valence-corrected chi connectivity index (χ2v) is 4.12. The van der Waals surface area contributed by atoms with Crippen LogP contribution < -0.4 is 4.90 Å². The monoisotopic (exact) mass is 255 g/mol. The van der Waals surface area contributed by atoms with Gasteiger partial charge >= 0.3 is 5.97 Å². The van der Waals surface area contributed by atoms with Crippen LogP contribution in [0.3, 0.4) is 0 Å². The molecule has 0 saturated heterocycles. The zero-order valence-electron chi connectivity index (χ0n) is 10.1. The van der Waals surface area contributed by atoms with Crippen LogP contribution in [-0.4, -0.2) is 24.2 Å². The molecule has 0 bridgehead atoms. The third kappa shape index (κ3) is 4.16. The van der Waals surface area contributed by atoms with Crippen LogP contribution in [0.25, 0.3) is 0 Å².